The summed E-state index contributed by atoms with van der Waals surface area (Å²) >= 11 is 5.85. The third kappa shape index (κ3) is 2.95. The number of aromatic hydroxyl groups is 2. The van der Waals surface area contributed by atoms with E-state index in [4.69, 9.17) is 16.1 Å². The van der Waals surface area contributed by atoms with Crippen LogP contribution in [0.25, 0.3) is 11.3 Å². The molecule has 0 radical (unpaired) electrons. The van der Waals surface area contributed by atoms with Crippen LogP contribution < -0.4 is 5.32 Å². The number of amides is 1. The van der Waals surface area contributed by atoms with Gasteiger partial charge in [-0.25, -0.2) is 0 Å². The lowest BCUT2D eigenvalue weighted by Crippen LogP contribution is -2.08. The normalized spacial score (nSPS) is 10.9. The number of hydrogen-bond acceptors (Lipinski definition) is 5. The SMILES string of the molecule is CC(=O)Nc1c(C(C)C)noc1-c1cc(Cl)c(O)cc1O. The van der Waals surface area contributed by atoms with Crippen LogP contribution in [0.15, 0.2) is 16.7 Å². The number of benzene rings is 1. The van der Waals surface area contributed by atoms with Crippen molar-refractivity contribution in [1.82, 2.24) is 5.16 Å². The van der Waals surface area contributed by atoms with Gasteiger partial charge >= 0.3 is 0 Å². The maximum absolute atomic E-state index is 11.4. The van der Waals surface area contributed by atoms with Crippen LogP contribution in [0, 0.1) is 0 Å². The molecule has 1 aromatic heterocycles. The first kappa shape index (κ1) is 15.2. The molecule has 2 rings (SSSR count). The molecule has 6 nitrogen and oxygen atoms in total. The van der Waals surface area contributed by atoms with Gasteiger partial charge in [0.2, 0.25) is 5.91 Å². The molecule has 112 valence electrons. The van der Waals surface area contributed by atoms with Gasteiger partial charge in [-0.3, -0.25) is 4.79 Å². The largest absolute Gasteiger partial charge is 0.507 e. The lowest BCUT2D eigenvalue weighted by molar-refractivity contribution is -0.114. The Morgan fingerprint density at radius 1 is 1.33 bits per heavy atom. The predicted octanol–water partition coefficient (Wildman–Crippen LogP) is 3.49. The van der Waals surface area contributed by atoms with Gasteiger partial charge in [0.1, 0.15) is 22.9 Å². The molecule has 0 aliphatic heterocycles. The van der Waals surface area contributed by atoms with Crippen molar-refractivity contribution in [2.24, 2.45) is 0 Å². The number of carbonyl (C=O) groups excluding carboxylic acids is 1. The van der Waals surface area contributed by atoms with E-state index in [0.717, 1.165) is 6.07 Å². The van der Waals surface area contributed by atoms with E-state index in [2.05, 4.69) is 10.5 Å². The molecule has 0 unspecified atom stereocenters. The average Bonchev–Trinajstić information content (AvgIpc) is 2.76. The van der Waals surface area contributed by atoms with Crippen molar-refractivity contribution < 1.29 is 19.5 Å². The molecule has 0 aliphatic carbocycles. The molecule has 0 atom stereocenters. The summed E-state index contributed by atoms with van der Waals surface area (Å²) in [4.78, 5) is 11.4. The summed E-state index contributed by atoms with van der Waals surface area (Å²) in [6.07, 6.45) is 0. The second-order valence-electron chi connectivity index (χ2n) is 4.93. The lowest BCUT2D eigenvalue weighted by Gasteiger charge is -2.08. The first-order valence-electron chi connectivity index (χ1n) is 6.30. The number of halogens is 1. The van der Waals surface area contributed by atoms with E-state index in [1.54, 1.807) is 0 Å². The molecule has 0 saturated heterocycles. The summed E-state index contributed by atoms with van der Waals surface area (Å²) < 4.78 is 5.25. The number of rotatable bonds is 3. The zero-order valence-corrected chi connectivity index (χ0v) is 12.5. The van der Waals surface area contributed by atoms with Gasteiger partial charge in [-0.2, -0.15) is 0 Å². The van der Waals surface area contributed by atoms with Crippen molar-refractivity contribution in [1.29, 1.82) is 0 Å². The molecule has 0 aliphatic rings. The number of nitrogens with one attached hydrogen (secondary N) is 1. The van der Waals surface area contributed by atoms with E-state index >= 15 is 0 Å². The second-order valence-corrected chi connectivity index (χ2v) is 5.34. The number of anilines is 1. The van der Waals surface area contributed by atoms with Crippen molar-refractivity contribution >= 4 is 23.2 Å². The van der Waals surface area contributed by atoms with Crippen LogP contribution in [0.5, 0.6) is 11.5 Å². The van der Waals surface area contributed by atoms with Crippen LogP contribution in [-0.2, 0) is 4.79 Å². The Hall–Kier alpha value is -2.21. The van der Waals surface area contributed by atoms with Gasteiger partial charge in [-0.15, -0.1) is 0 Å². The van der Waals surface area contributed by atoms with Gasteiger partial charge in [-0.05, 0) is 6.07 Å². The summed E-state index contributed by atoms with van der Waals surface area (Å²) in [6.45, 7) is 5.16. The van der Waals surface area contributed by atoms with Gasteiger partial charge in [0.05, 0.1) is 10.6 Å². The van der Waals surface area contributed by atoms with Gasteiger partial charge in [0, 0.05) is 18.9 Å². The number of aromatic nitrogens is 1. The molecule has 2 aromatic rings. The summed E-state index contributed by atoms with van der Waals surface area (Å²) in [5.41, 5.74) is 1.18. The Labute approximate surface area is 126 Å². The molecule has 1 aromatic carbocycles. The van der Waals surface area contributed by atoms with Crippen LogP contribution in [0.4, 0.5) is 5.69 Å². The zero-order chi connectivity index (χ0) is 15.7. The van der Waals surface area contributed by atoms with Crippen molar-refractivity contribution in [3.63, 3.8) is 0 Å². The molecular formula is C14H15ClN2O4. The topological polar surface area (TPSA) is 95.6 Å². The van der Waals surface area contributed by atoms with Crippen molar-refractivity contribution in [3.8, 4) is 22.8 Å². The predicted molar refractivity (Wildman–Crippen MR) is 78.7 cm³/mol. The summed E-state index contributed by atoms with van der Waals surface area (Å²) in [5.74, 6) is -0.560. The molecule has 0 bridgehead atoms. The molecular weight excluding hydrogens is 296 g/mol. The van der Waals surface area contributed by atoms with E-state index in [1.165, 1.54) is 13.0 Å². The number of carbonyl (C=O) groups is 1. The highest BCUT2D eigenvalue weighted by molar-refractivity contribution is 6.32. The molecule has 21 heavy (non-hydrogen) atoms. The van der Waals surface area contributed by atoms with E-state index in [-0.39, 0.29) is 39.7 Å². The first-order chi connectivity index (χ1) is 9.81. The number of nitrogens with zero attached hydrogens (tertiary/aromatic N) is 1. The quantitative estimate of drug-likeness (QED) is 0.806. The Morgan fingerprint density at radius 3 is 2.57 bits per heavy atom. The van der Waals surface area contributed by atoms with E-state index < -0.39 is 0 Å². The summed E-state index contributed by atoms with van der Waals surface area (Å²) in [7, 11) is 0. The van der Waals surface area contributed by atoms with Crippen LogP contribution in [-0.4, -0.2) is 21.3 Å². The number of hydrogen-bond donors (Lipinski definition) is 3. The smallest absolute Gasteiger partial charge is 0.221 e. The molecule has 3 N–H and O–H groups in total. The first-order valence-corrected chi connectivity index (χ1v) is 6.68. The van der Waals surface area contributed by atoms with Crippen molar-refractivity contribution in [3.05, 3.63) is 22.8 Å². The fourth-order valence-corrected chi connectivity index (χ4v) is 2.07. The lowest BCUT2D eigenvalue weighted by atomic mass is 10.0. The standard InChI is InChI=1S/C14H15ClN2O4/c1-6(2)12-13(16-7(3)18)14(21-17-12)8-4-9(15)11(20)5-10(8)19/h4-6,19-20H,1-3H3,(H,16,18). The zero-order valence-electron chi connectivity index (χ0n) is 11.8. The van der Waals surface area contributed by atoms with E-state index in [1.807, 2.05) is 13.8 Å². The van der Waals surface area contributed by atoms with Gasteiger partial charge in [0.15, 0.2) is 5.76 Å². The van der Waals surface area contributed by atoms with Gasteiger partial charge in [-0.1, -0.05) is 30.6 Å². The number of phenolic OH excluding ortho intramolecular Hbond substituents is 2. The van der Waals surface area contributed by atoms with Crippen molar-refractivity contribution in [2.45, 2.75) is 26.7 Å². The van der Waals surface area contributed by atoms with Crippen LogP contribution in [0.3, 0.4) is 0 Å². The maximum atomic E-state index is 11.4. The molecule has 0 fully saturated rings. The second kappa shape index (κ2) is 5.65. The highest BCUT2D eigenvalue weighted by Gasteiger charge is 2.23. The molecule has 7 heteroatoms. The molecule has 0 saturated carbocycles. The molecule has 1 heterocycles. The summed E-state index contributed by atoms with van der Waals surface area (Å²) in [5, 5.41) is 26.1. The minimum atomic E-state index is -0.286. The van der Waals surface area contributed by atoms with Crippen LogP contribution >= 0.6 is 11.6 Å². The molecule has 1 amide bonds. The Kier molecular flexibility index (Phi) is 4.09. The average molecular weight is 311 g/mol. The Morgan fingerprint density at radius 2 is 2.00 bits per heavy atom. The fourth-order valence-electron chi connectivity index (χ4n) is 1.91. The van der Waals surface area contributed by atoms with Gasteiger partial charge in [0.25, 0.3) is 0 Å². The fraction of sp³-hybridized carbons (Fsp3) is 0.286. The van der Waals surface area contributed by atoms with E-state index in [0.29, 0.717) is 11.4 Å². The Bertz CT molecular complexity index is 695. The van der Waals surface area contributed by atoms with Crippen LogP contribution in [0.2, 0.25) is 5.02 Å². The third-order valence-corrected chi connectivity index (χ3v) is 3.18. The number of phenols is 2. The Balaban J connectivity index is 2.64. The third-order valence-electron chi connectivity index (χ3n) is 2.88. The molecule has 0 spiro atoms. The monoisotopic (exact) mass is 310 g/mol. The van der Waals surface area contributed by atoms with Crippen molar-refractivity contribution in [2.75, 3.05) is 5.32 Å². The maximum Gasteiger partial charge on any atom is 0.221 e. The highest BCUT2D eigenvalue weighted by Crippen LogP contribution is 2.42. The van der Waals surface area contributed by atoms with Gasteiger partial charge < -0.3 is 20.1 Å². The highest BCUT2D eigenvalue weighted by atomic mass is 35.5. The summed E-state index contributed by atoms with van der Waals surface area (Å²) in [6, 6.07) is 2.45. The minimum absolute atomic E-state index is 0.0130. The minimum Gasteiger partial charge on any atom is -0.507 e. The van der Waals surface area contributed by atoms with Crippen LogP contribution in [0.1, 0.15) is 32.4 Å². The van der Waals surface area contributed by atoms with E-state index in [9.17, 15) is 15.0 Å².